The van der Waals surface area contributed by atoms with Crippen LogP contribution in [0.15, 0.2) is 0 Å². The fourth-order valence-electron chi connectivity index (χ4n) is 2.55. The Morgan fingerprint density at radius 2 is 1.55 bits per heavy atom. The second kappa shape index (κ2) is 9.19. The molecule has 0 aromatic carbocycles. The first-order chi connectivity index (χ1) is 9.27. The standard InChI is InChI=1S/C14H25N3O2.ClH/c18-13(11-4-1-5-11)16-8-3-9-17-14(19)12-6-2-7-15-10-12;/h11-12,15H,1-10H2,(H,16,18)(H,17,19);1H. The summed E-state index contributed by atoms with van der Waals surface area (Å²) >= 11 is 0. The van der Waals surface area contributed by atoms with Crippen LogP contribution in [0.5, 0.6) is 0 Å². The minimum absolute atomic E-state index is 0. The van der Waals surface area contributed by atoms with Crippen LogP contribution in [-0.2, 0) is 9.59 Å². The summed E-state index contributed by atoms with van der Waals surface area (Å²) < 4.78 is 0. The first-order valence-corrected chi connectivity index (χ1v) is 7.53. The zero-order valence-corrected chi connectivity index (χ0v) is 12.8. The average molecular weight is 304 g/mol. The summed E-state index contributed by atoms with van der Waals surface area (Å²) in [5.74, 6) is 0.716. The zero-order valence-electron chi connectivity index (χ0n) is 12.0. The number of carbonyl (C=O) groups excluding carboxylic acids is 2. The summed E-state index contributed by atoms with van der Waals surface area (Å²) in [6, 6.07) is 0. The molecule has 1 aliphatic carbocycles. The van der Waals surface area contributed by atoms with Crippen LogP contribution < -0.4 is 16.0 Å². The molecular formula is C14H26ClN3O2. The van der Waals surface area contributed by atoms with Crippen LogP contribution in [0.4, 0.5) is 0 Å². The van der Waals surface area contributed by atoms with Crippen molar-refractivity contribution >= 4 is 24.2 Å². The summed E-state index contributed by atoms with van der Waals surface area (Å²) in [6.07, 6.45) is 6.13. The van der Waals surface area contributed by atoms with Crippen LogP contribution in [0.2, 0.25) is 0 Å². The lowest BCUT2D eigenvalue weighted by Crippen LogP contribution is -2.41. The molecule has 2 fully saturated rings. The van der Waals surface area contributed by atoms with Gasteiger partial charge in [-0.1, -0.05) is 6.42 Å². The molecule has 2 rings (SSSR count). The molecule has 0 aromatic rings. The van der Waals surface area contributed by atoms with Gasteiger partial charge in [0.15, 0.2) is 0 Å². The fraction of sp³-hybridized carbons (Fsp3) is 0.857. The molecular weight excluding hydrogens is 278 g/mol. The van der Waals surface area contributed by atoms with Gasteiger partial charge in [0.05, 0.1) is 5.92 Å². The van der Waals surface area contributed by atoms with Gasteiger partial charge in [-0.2, -0.15) is 0 Å². The molecule has 2 aliphatic rings. The van der Waals surface area contributed by atoms with Gasteiger partial charge in [0.25, 0.3) is 0 Å². The predicted molar refractivity (Wildman–Crippen MR) is 80.8 cm³/mol. The number of rotatable bonds is 6. The lowest BCUT2D eigenvalue weighted by Gasteiger charge is -2.24. The van der Waals surface area contributed by atoms with Crippen LogP contribution in [0.1, 0.15) is 38.5 Å². The van der Waals surface area contributed by atoms with Gasteiger partial charge in [0, 0.05) is 25.6 Å². The van der Waals surface area contributed by atoms with Crippen LogP contribution >= 0.6 is 12.4 Å². The van der Waals surface area contributed by atoms with E-state index in [9.17, 15) is 9.59 Å². The minimum Gasteiger partial charge on any atom is -0.356 e. The summed E-state index contributed by atoms with van der Waals surface area (Å²) in [4.78, 5) is 23.4. The van der Waals surface area contributed by atoms with Gasteiger partial charge in [0.1, 0.15) is 0 Å². The van der Waals surface area contributed by atoms with Crippen molar-refractivity contribution < 1.29 is 9.59 Å². The normalized spacial score (nSPS) is 22.3. The van der Waals surface area contributed by atoms with Crippen molar-refractivity contribution in [1.82, 2.24) is 16.0 Å². The SMILES string of the molecule is Cl.O=C(NCCCNC(=O)C1CCCNC1)C1CCC1. The molecule has 5 nitrogen and oxygen atoms in total. The third-order valence-electron chi connectivity index (χ3n) is 4.10. The maximum absolute atomic E-state index is 11.8. The van der Waals surface area contributed by atoms with Crippen molar-refractivity contribution in [3.8, 4) is 0 Å². The highest BCUT2D eigenvalue weighted by molar-refractivity contribution is 5.85. The van der Waals surface area contributed by atoms with E-state index >= 15 is 0 Å². The summed E-state index contributed by atoms with van der Waals surface area (Å²) in [7, 11) is 0. The van der Waals surface area contributed by atoms with E-state index in [-0.39, 0.29) is 36.1 Å². The van der Waals surface area contributed by atoms with Crippen molar-refractivity contribution in [2.75, 3.05) is 26.2 Å². The number of halogens is 1. The Labute approximate surface area is 127 Å². The molecule has 1 heterocycles. The molecule has 1 atom stereocenters. The van der Waals surface area contributed by atoms with E-state index in [0.717, 1.165) is 45.2 Å². The van der Waals surface area contributed by atoms with Gasteiger partial charge < -0.3 is 16.0 Å². The van der Waals surface area contributed by atoms with E-state index in [1.807, 2.05) is 0 Å². The highest BCUT2D eigenvalue weighted by Crippen LogP contribution is 2.25. The molecule has 2 amide bonds. The van der Waals surface area contributed by atoms with E-state index in [2.05, 4.69) is 16.0 Å². The summed E-state index contributed by atoms with van der Waals surface area (Å²) in [5, 5.41) is 9.13. The zero-order chi connectivity index (χ0) is 13.5. The largest absolute Gasteiger partial charge is 0.356 e. The molecule has 0 spiro atoms. The smallest absolute Gasteiger partial charge is 0.224 e. The maximum Gasteiger partial charge on any atom is 0.224 e. The Morgan fingerprint density at radius 3 is 2.05 bits per heavy atom. The van der Waals surface area contributed by atoms with Crippen LogP contribution in [-0.4, -0.2) is 38.0 Å². The molecule has 20 heavy (non-hydrogen) atoms. The number of amides is 2. The molecule has 1 saturated heterocycles. The lowest BCUT2D eigenvalue weighted by atomic mass is 9.85. The molecule has 1 aliphatic heterocycles. The van der Waals surface area contributed by atoms with Crippen molar-refractivity contribution in [2.45, 2.75) is 38.5 Å². The maximum atomic E-state index is 11.8. The van der Waals surface area contributed by atoms with E-state index in [0.29, 0.717) is 13.1 Å². The quantitative estimate of drug-likeness (QED) is 0.637. The minimum atomic E-state index is 0. The molecule has 1 unspecified atom stereocenters. The number of hydrogen-bond donors (Lipinski definition) is 3. The average Bonchev–Trinajstić information content (AvgIpc) is 2.37. The lowest BCUT2D eigenvalue weighted by molar-refractivity contribution is -0.127. The molecule has 6 heteroatoms. The van der Waals surface area contributed by atoms with Gasteiger partial charge >= 0.3 is 0 Å². The second-order valence-electron chi connectivity index (χ2n) is 5.61. The van der Waals surface area contributed by atoms with Gasteiger partial charge in [0.2, 0.25) is 11.8 Å². The van der Waals surface area contributed by atoms with E-state index in [1.54, 1.807) is 0 Å². The Balaban J connectivity index is 0.00000200. The first kappa shape index (κ1) is 17.2. The Hall–Kier alpha value is -0.810. The monoisotopic (exact) mass is 303 g/mol. The number of piperidine rings is 1. The predicted octanol–water partition coefficient (Wildman–Crippen LogP) is 0.830. The van der Waals surface area contributed by atoms with Gasteiger partial charge in [-0.3, -0.25) is 9.59 Å². The van der Waals surface area contributed by atoms with Gasteiger partial charge in [-0.25, -0.2) is 0 Å². The Bertz CT molecular complexity index is 316. The highest BCUT2D eigenvalue weighted by atomic mass is 35.5. The molecule has 1 saturated carbocycles. The third kappa shape index (κ3) is 5.29. The van der Waals surface area contributed by atoms with Crippen molar-refractivity contribution in [3.63, 3.8) is 0 Å². The summed E-state index contributed by atoms with van der Waals surface area (Å²) in [6.45, 7) is 3.14. The van der Waals surface area contributed by atoms with Crippen molar-refractivity contribution in [1.29, 1.82) is 0 Å². The van der Waals surface area contributed by atoms with E-state index in [1.165, 1.54) is 6.42 Å². The van der Waals surface area contributed by atoms with Crippen molar-refractivity contribution in [3.05, 3.63) is 0 Å². The molecule has 3 N–H and O–H groups in total. The summed E-state index contributed by atoms with van der Waals surface area (Å²) in [5.41, 5.74) is 0. The number of hydrogen-bond acceptors (Lipinski definition) is 3. The first-order valence-electron chi connectivity index (χ1n) is 7.53. The molecule has 0 bridgehead atoms. The second-order valence-corrected chi connectivity index (χ2v) is 5.61. The Kier molecular flexibility index (Phi) is 7.92. The molecule has 0 radical (unpaired) electrons. The number of carbonyl (C=O) groups is 2. The molecule has 0 aromatic heterocycles. The highest BCUT2D eigenvalue weighted by Gasteiger charge is 2.24. The van der Waals surface area contributed by atoms with Crippen LogP contribution in [0, 0.1) is 11.8 Å². The van der Waals surface area contributed by atoms with E-state index < -0.39 is 0 Å². The van der Waals surface area contributed by atoms with Crippen molar-refractivity contribution in [2.24, 2.45) is 11.8 Å². The number of nitrogens with one attached hydrogen (secondary N) is 3. The fourth-order valence-corrected chi connectivity index (χ4v) is 2.55. The topological polar surface area (TPSA) is 70.2 Å². The van der Waals surface area contributed by atoms with Gasteiger partial charge in [-0.05, 0) is 38.6 Å². The Morgan fingerprint density at radius 1 is 0.950 bits per heavy atom. The van der Waals surface area contributed by atoms with Crippen LogP contribution in [0.3, 0.4) is 0 Å². The van der Waals surface area contributed by atoms with E-state index in [4.69, 9.17) is 0 Å². The third-order valence-corrected chi connectivity index (χ3v) is 4.10. The van der Waals surface area contributed by atoms with Gasteiger partial charge in [-0.15, -0.1) is 12.4 Å². The van der Waals surface area contributed by atoms with Crippen LogP contribution in [0.25, 0.3) is 0 Å². The molecule has 116 valence electrons.